The first-order valence-electron chi connectivity index (χ1n) is 7.15. The standard InChI is InChI=1S/C13H26N4O2/c14-12(18)10-17(11-6-3-4-7-11)9-5-1-2-8-13(19)16-15/h11H,1-10,15H2,(H2,14,18)(H,16,19). The fraction of sp³-hybridized carbons (Fsp3) is 0.846. The quantitative estimate of drug-likeness (QED) is 0.242. The number of nitrogens with one attached hydrogen (secondary N) is 1. The van der Waals surface area contributed by atoms with Gasteiger partial charge in [0.25, 0.3) is 0 Å². The first-order chi connectivity index (χ1) is 9.13. The average molecular weight is 270 g/mol. The number of nitrogens with two attached hydrogens (primary N) is 2. The van der Waals surface area contributed by atoms with Crippen LogP contribution in [0.2, 0.25) is 0 Å². The molecular weight excluding hydrogens is 244 g/mol. The van der Waals surface area contributed by atoms with Crippen LogP contribution in [0.1, 0.15) is 51.4 Å². The molecule has 0 aliphatic heterocycles. The van der Waals surface area contributed by atoms with Gasteiger partial charge < -0.3 is 5.73 Å². The minimum atomic E-state index is -0.255. The maximum Gasteiger partial charge on any atom is 0.233 e. The van der Waals surface area contributed by atoms with E-state index in [9.17, 15) is 9.59 Å². The Morgan fingerprint density at radius 2 is 1.84 bits per heavy atom. The Kier molecular flexibility index (Phi) is 7.43. The van der Waals surface area contributed by atoms with Crippen LogP contribution in [0.4, 0.5) is 0 Å². The minimum absolute atomic E-state index is 0.121. The molecule has 6 nitrogen and oxygen atoms in total. The second-order valence-corrected chi connectivity index (χ2v) is 5.25. The Morgan fingerprint density at radius 3 is 2.42 bits per heavy atom. The van der Waals surface area contributed by atoms with Crippen LogP contribution in [-0.2, 0) is 9.59 Å². The van der Waals surface area contributed by atoms with E-state index in [1.165, 1.54) is 25.7 Å². The highest BCUT2D eigenvalue weighted by Crippen LogP contribution is 2.23. The van der Waals surface area contributed by atoms with E-state index < -0.39 is 0 Å². The molecule has 0 atom stereocenters. The predicted molar refractivity (Wildman–Crippen MR) is 73.8 cm³/mol. The average Bonchev–Trinajstić information content (AvgIpc) is 2.90. The maximum absolute atomic E-state index is 11.1. The van der Waals surface area contributed by atoms with Crippen molar-refractivity contribution in [3.8, 4) is 0 Å². The van der Waals surface area contributed by atoms with Gasteiger partial charge in [-0.1, -0.05) is 19.3 Å². The Balaban J connectivity index is 2.20. The molecular formula is C13H26N4O2. The molecule has 1 aliphatic carbocycles. The van der Waals surface area contributed by atoms with Crippen molar-refractivity contribution < 1.29 is 9.59 Å². The molecule has 0 unspecified atom stereocenters. The Hall–Kier alpha value is -1.14. The van der Waals surface area contributed by atoms with Gasteiger partial charge in [-0.25, -0.2) is 5.84 Å². The third-order valence-electron chi connectivity index (χ3n) is 3.71. The first-order valence-corrected chi connectivity index (χ1v) is 7.15. The number of amides is 2. The van der Waals surface area contributed by atoms with Crippen molar-refractivity contribution in [2.75, 3.05) is 13.1 Å². The number of nitrogens with zero attached hydrogens (tertiary/aromatic N) is 1. The van der Waals surface area contributed by atoms with Gasteiger partial charge in [0.2, 0.25) is 11.8 Å². The van der Waals surface area contributed by atoms with Crippen molar-refractivity contribution in [2.24, 2.45) is 11.6 Å². The van der Waals surface area contributed by atoms with Crippen LogP contribution in [0.3, 0.4) is 0 Å². The van der Waals surface area contributed by atoms with E-state index in [1.54, 1.807) is 0 Å². The van der Waals surface area contributed by atoms with Crippen molar-refractivity contribution >= 4 is 11.8 Å². The molecule has 6 heteroatoms. The zero-order valence-corrected chi connectivity index (χ0v) is 11.6. The molecule has 0 bridgehead atoms. The number of hydrogen-bond donors (Lipinski definition) is 3. The molecule has 0 spiro atoms. The number of carbonyl (C=O) groups excluding carboxylic acids is 2. The fourth-order valence-electron chi connectivity index (χ4n) is 2.71. The van der Waals surface area contributed by atoms with Crippen LogP contribution >= 0.6 is 0 Å². The Labute approximate surface area is 114 Å². The van der Waals surface area contributed by atoms with Crippen molar-refractivity contribution in [1.29, 1.82) is 0 Å². The second-order valence-electron chi connectivity index (χ2n) is 5.25. The topological polar surface area (TPSA) is 101 Å². The van der Waals surface area contributed by atoms with Crippen LogP contribution in [0.25, 0.3) is 0 Å². The third-order valence-corrected chi connectivity index (χ3v) is 3.71. The van der Waals surface area contributed by atoms with E-state index >= 15 is 0 Å². The van der Waals surface area contributed by atoms with E-state index in [-0.39, 0.29) is 11.8 Å². The zero-order valence-electron chi connectivity index (χ0n) is 11.6. The molecule has 19 heavy (non-hydrogen) atoms. The summed E-state index contributed by atoms with van der Waals surface area (Å²) in [7, 11) is 0. The Morgan fingerprint density at radius 1 is 1.16 bits per heavy atom. The number of unbranched alkanes of at least 4 members (excludes halogenated alkanes) is 2. The van der Waals surface area contributed by atoms with Gasteiger partial charge in [-0.2, -0.15) is 0 Å². The maximum atomic E-state index is 11.1. The van der Waals surface area contributed by atoms with Gasteiger partial charge in [0, 0.05) is 12.5 Å². The van der Waals surface area contributed by atoms with Crippen molar-refractivity contribution in [3.63, 3.8) is 0 Å². The van der Waals surface area contributed by atoms with Gasteiger partial charge in [0.05, 0.1) is 6.54 Å². The van der Waals surface area contributed by atoms with Crippen LogP contribution in [0, 0.1) is 0 Å². The van der Waals surface area contributed by atoms with E-state index in [0.717, 1.165) is 25.8 Å². The van der Waals surface area contributed by atoms with E-state index in [4.69, 9.17) is 11.6 Å². The van der Waals surface area contributed by atoms with Gasteiger partial charge in [0.1, 0.15) is 0 Å². The van der Waals surface area contributed by atoms with Gasteiger partial charge >= 0.3 is 0 Å². The van der Waals surface area contributed by atoms with Crippen molar-refractivity contribution in [2.45, 2.75) is 57.4 Å². The summed E-state index contributed by atoms with van der Waals surface area (Å²) < 4.78 is 0. The number of carbonyl (C=O) groups is 2. The summed E-state index contributed by atoms with van der Waals surface area (Å²) in [5, 5.41) is 0. The summed E-state index contributed by atoms with van der Waals surface area (Å²) in [4.78, 5) is 24.3. The minimum Gasteiger partial charge on any atom is -0.369 e. The van der Waals surface area contributed by atoms with Gasteiger partial charge in [-0.3, -0.25) is 19.9 Å². The molecule has 0 aromatic rings. The first kappa shape index (κ1) is 15.9. The molecule has 1 rings (SSSR count). The summed E-state index contributed by atoms with van der Waals surface area (Å²) in [5.41, 5.74) is 7.43. The number of rotatable bonds is 9. The van der Waals surface area contributed by atoms with Crippen LogP contribution in [0.15, 0.2) is 0 Å². The molecule has 0 aromatic heterocycles. The van der Waals surface area contributed by atoms with Crippen LogP contribution in [-0.4, -0.2) is 35.8 Å². The molecule has 110 valence electrons. The lowest BCUT2D eigenvalue weighted by Gasteiger charge is -2.27. The largest absolute Gasteiger partial charge is 0.369 e. The van der Waals surface area contributed by atoms with Gasteiger partial charge in [-0.05, 0) is 32.2 Å². The van der Waals surface area contributed by atoms with E-state index in [2.05, 4.69) is 10.3 Å². The smallest absolute Gasteiger partial charge is 0.233 e. The monoisotopic (exact) mass is 270 g/mol. The van der Waals surface area contributed by atoms with Gasteiger partial charge in [0.15, 0.2) is 0 Å². The van der Waals surface area contributed by atoms with Crippen LogP contribution in [0.5, 0.6) is 0 Å². The normalized spacial score (nSPS) is 15.9. The number of hydrazine groups is 1. The molecule has 1 saturated carbocycles. The van der Waals surface area contributed by atoms with Gasteiger partial charge in [-0.15, -0.1) is 0 Å². The number of primary amides is 1. The fourth-order valence-corrected chi connectivity index (χ4v) is 2.71. The Bertz CT molecular complexity index is 290. The van der Waals surface area contributed by atoms with E-state index in [0.29, 0.717) is 19.0 Å². The SMILES string of the molecule is NNC(=O)CCCCCN(CC(N)=O)C1CCCC1. The molecule has 0 saturated heterocycles. The summed E-state index contributed by atoms with van der Waals surface area (Å²) in [5.74, 6) is 4.64. The summed E-state index contributed by atoms with van der Waals surface area (Å²) >= 11 is 0. The predicted octanol–water partition coefficient (Wildman–Crippen LogP) is 0.267. The lowest BCUT2D eigenvalue weighted by Crippen LogP contribution is -2.40. The summed E-state index contributed by atoms with van der Waals surface area (Å²) in [6, 6.07) is 0.514. The van der Waals surface area contributed by atoms with Crippen molar-refractivity contribution in [1.82, 2.24) is 10.3 Å². The highest BCUT2D eigenvalue weighted by molar-refractivity contribution is 5.76. The third kappa shape index (κ3) is 6.54. The number of hydrogen-bond acceptors (Lipinski definition) is 4. The molecule has 5 N–H and O–H groups in total. The van der Waals surface area contributed by atoms with Crippen LogP contribution < -0.4 is 17.0 Å². The summed E-state index contributed by atoms with van der Waals surface area (Å²) in [6.07, 6.45) is 8.09. The lowest BCUT2D eigenvalue weighted by molar-refractivity contribution is -0.121. The molecule has 1 aliphatic rings. The zero-order chi connectivity index (χ0) is 14.1. The van der Waals surface area contributed by atoms with Crippen molar-refractivity contribution in [3.05, 3.63) is 0 Å². The molecule has 0 radical (unpaired) electrons. The second kappa shape index (κ2) is 8.87. The summed E-state index contributed by atoms with van der Waals surface area (Å²) in [6.45, 7) is 1.24. The van der Waals surface area contributed by atoms with E-state index in [1.807, 2.05) is 0 Å². The highest BCUT2D eigenvalue weighted by atomic mass is 16.2. The molecule has 0 aromatic carbocycles. The molecule has 0 heterocycles. The highest BCUT2D eigenvalue weighted by Gasteiger charge is 2.23. The molecule has 2 amide bonds. The molecule has 1 fully saturated rings. The lowest BCUT2D eigenvalue weighted by atomic mass is 10.1.